The molecule has 0 bridgehead atoms. The van der Waals surface area contributed by atoms with Gasteiger partial charge in [0, 0.05) is 12.1 Å². The second-order valence-corrected chi connectivity index (χ2v) is 8.54. The maximum atomic E-state index is 13.5. The number of carbonyl (C=O) groups is 1. The highest BCUT2D eigenvalue weighted by atomic mass is 16.5. The quantitative estimate of drug-likeness (QED) is 0.716. The van der Waals surface area contributed by atoms with E-state index in [4.69, 9.17) is 4.52 Å². The first-order valence-corrected chi connectivity index (χ1v) is 9.96. The fraction of sp³-hybridized carbons (Fsp3) is 0.348. The van der Waals surface area contributed by atoms with Crippen LogP contribution in [0.3, 0.4) is 0 Å². The van der Waals surface area contributed by atoms with Gasteiger partial charge in [-0.1, -0.05) is 41.6 Å². The molecule has 5 rings (SSSR count). The van der Waals surface area contributed by atoms with Crippen molar-refractivity contribution in [1.29, 1.82) is 0 Å². The first-order valence-electron chi connectivity index (χ1n) is 9.96. The summed E-state index contributed by atoms with van der Waals surface area (Å²) >= 11 is 0. The van der Waals surface area contributed by atoms with E-state index in [1.54, 1.807) is 0 Å². The molecule has 0 unspecified atom stereocenters. The lowest BCUT2D eigenvalue weighted by Crippen LogP contribution is -2.51. The molecule has 1 atom stereocenters. The van der Waals surface area contributed by atoms with E-state index in [2.05, 4.69) is 10.1 Å². The van der Waals surface area contributed by atoms with E-state index in [0.717, 1.165) is 40.7 Å². The lowest BCUT2D eigenvalue weighted by Gasteiger charge is -2.37. The summed E-state index contributed by atoms with van der Waals surface area (Å²) in [7, 11) is 0. The summed E-state index contributed by atoms with van der Waals surface area (Å²) in [6.45, 7) is 4.15. The molecule has 1 N–H and O–H groups in total. The number of amides is 1. The Labute approximate surface area is 169 Å². The Bertz CT molecular complexity index is 1070. The normalized spacial score (nSPS) is 17.5. The van der Waals surface area contributed by atoms with Gasteiger partial charge < -0.3 is 14.5 Å². The van der Waals surface area contributed by atoms with E-state index >= 15 is 0 Å². The van der Waals surface area contributed by atoms with Gasteiger partial charge in [0.2, 0.25) is 12.2 Å². The number of fused-ring (bicyclic) bond motifs is 1. The molecule has 148 valence electrons. The number of carbonyl (C=O) groups excluding carboxylic acids is 1. The van der Waals surface area contributed by atoms with Crippen molar-refractivity contribution < 1.29 is 14.4 Å². The number of hydrogen-bond donors (Lipinski definition) is 1. The first kappa shape index (κ1) is 18.1. The van der Waals surface area contributed by atoms with Crippen LogP contribution in [0, 0.1) is 5.92 Å². The first-order chi connectivity index (χ1) is 13.9. The summed E-state index contributed by atoms with van der Waals surface area (Å²) in [6, 6.07) is 13.6. The van der Waals surface area contributed by atoms with Crippen LogP contribution in [0.5, 0.6) is 0 Å². The van der Waals surface area contributed by atoms with Crippen molar-refractivity contribution in [2.75, 3.05) is 0 Å². The van der Waals surface area contributed by atoms with Crippen LogP contribution in [0.1, 0.15) is 42.6 Å². The minimum atomic E-state index is -0.933. The Balaban J connectivity index is 1.55. The van der Waals surface area contributed by atoms with E-state index in [1.165, 1.54) is 6.39 Å². The largest absolute Gasteiger partial charge is 0.388 e. The lowest BCUT2D eigenvalue weighted by atomic mass is 9.92. The van der Waals surface area contributed by atoms with Crippen molar-refractivity contribution in [3.8, 4) is 22.5 Å². The fourth-order valence-electron chi connectivity index (χ4n) is 4.60. The van der Waals surface area contributed by atoms with Crippen molar-refractivity contribution >= 4 is 5.91 Å². The van der Waals surface area contributed by atoms with Crippen molar-refractivity contribution in [2.24, 2.45) is 5.92 Å². The predicted molar refractivity (Wildman–Crippen MR) is 108 cm³/mol. The minimum Gasteiger partial charge on any atom is -0.388 e. The van der Waals surface area contributed by atoms with Crippen LogP contribution in [0.25, 0.3) is 22.5 Å². The monoisotopic (exact) mass is 389 g/mol. The molecule has 1 amide bonds. The molecule has 0 radical (unpaired) electrons. The Morgan fingerprint density at radius 1 is 1.17 bits per heavy atom. The van der Waals surface area contributed by atoms with Gasteiger partial charge in [0.05, 0.1) is 17.2 Å². The molecule has 6 nitrogen and oxygen atoms in total. The zero-order valence-corrected chi connectivity index (χ0v) is 16.5. The third-order valence-electron chi connectivity index (χ3n) is 5.89. The smallest absolute Gasteiger partial charge is 0.255 e. The fourth-order valence-corrected chi connectivity index (χ4v) is 4.60. The highest BCUT2D eigenvalue weighted by Crippen LogP contribution is 2.44. The number of hydrogen-bond acceptors (Lipinski definition) is 5. The van der Waals surface area contributed by atoms with Gasteiger partial charge in [-0.15, -0.1) is 0 Å². The average molecular weight is 389 g/mol. The maximum Gasteiger partial charge on any atom is 0.255 e. The number of aromatic nitrogens is 2. The van der Waals surface area contributed by atoms with E-state index in [9.17, 15) is 9.90 Å². The van der Waals surface area contributed by atoms with Gasteiger partial charge in [-0.05, 0) is 55.4 Å². The Morgan fingerprint density at radius 3 is 2.62 bits per heavy atom. The van der Waals surface area contributed by atoms with Crippen LogP contribution in [0.15, 0.2) is 53.4 Å². The number of nitrogens with zero attached hydrogens (tertiary/aromatic N) is 3. The van der Waals surface area contributed by atoms with E-state index < -0.39 is 5.60 Å². The zero-order valence-electron chi connectivity index (χ0n) is 16.5. The Kier molecular flexibility index (Phi) is 4.06. The molecule has 1 aliphatic carbocycles. The van der Waals surface area contributed by atoms with Crippen LogP contribution in [0.4, 0.5) is 0 Å². The summed E-state index contributed by atoms with van der Waals surface area (Å²) in [5, 5.41) is 14.7. The van der Waals surface area contributed by atoms with Crippen molar-refractivity contribution in [1.82, 2.24) is 15.0 Å². The van der Waals surface area contributed by atoms with E-state index in [1.807, 2.05) is 61.2 Å². The van der Waals surface area contributed by atoms with Gasteiger partial charge in [-0.25, -0.2) is 0 Å². The minimum absolute atomic E-state index is 0.000380. The molecule has 6 heteroatoms. The van der Waals surface area contributed by atoms with Gasteiger partial charge in [-0.2, -0.15) is 4.98 Å². The third-order valence-corrected chi connectivity index (χ3v) is 5.89. The number of benzene rings is 2. The zero-order chi connectivity index (χ0) is 20.2. The van der Waals surface area contributed by atoms with Gasteiger partial charge in [0.25, 0.3) is 5.91 Å². The maximum absolute atomic E-state index is 13.5. The standard InChI is InChI=1S/C23H23N3O3/c1-23(2,28)20(14-9-10-14)26-12-17-7-4-8-18(19(17)22(26)27)15-5-3-6-16(11-15)21-24-13-29-25-21/h3-8,11,13-14,20,28H,9-10,12H2,1-2H3/t20-/m1/s1. The van der Waals surface area contributed by atoms with Crippen LogP contribution < -0.4 is 0 Å². The van der Waals surface area contributed by atoms with Gasteiger partial charge in [-0.3, -0.25) is 4.79 Å². The van der Waals surface area contributed by atoms with Crippen molar-refractivity contribution in [2.45, 2.75) is 44.9 Å². The Hall–Kier alpha value is -2.99. The highest BCUT2D eigenvalue weighted by Gasteiger charge is 2.48. The van der Waals surface area contributed by atoms with Gasteiger partial charge >= 0.3 is 0 Å². The molecular formula is C23H23N3O3. The third kappa shape index (κ3) is 3.13. The molecule has 3 aromatic rings. The summed E-state index contributed by atoms with van der Waals surface area (Å²) in [5.41, 5.74) is 3.47. The molecule has 0 spiro atoms. The van der Waals surface area contributed by atoms with Crippen LogP contribution in [0.2, 0.25) is 0 Å². The van der Waals surface area contributed by atoms with Gasteiger partial charge in [0.15, 0.2) is 0 Å². The lowest BCUT2D eigenvalue weighted by molar-refractivity contribution is -0.0224. The molecular weight excluding hydrogens is 366 g/mol. The van der Waals surface area contributed by atoms with Crippen LogP contribution in [-0.4, -0.2) is 37.7 Å². The number of aliphatic hydroxyl groups is 1. The molecule has 1 fully saturated rings. The summed E-state index contributed by atoms with van der Waals surface area (Å²) in [4.78, 5) is 19.5. The highest BCUT2D eigenvalue weighted by molar-refractivity contribution is 6.05. The molecule has 1 aromatic heterocycles. The molecule has 2 heterocycles. The van der Waals surface area contributed by atoms with Crippen LogP contribution >= 0.6 is 0 Å². The molecule has 29 heavy (non-hydrogen) atoms. The van der Waals surface area contributed by atoms with Crippen molar-refractivity contribution in [3.05, 3.63) is 60.0 Å². The average Bonchev–Trinajstić information content (AvgIpc) is 3.24. The molecule has 1 aliphatic heterocycles. The van der Waals surface area contributed by atoms with E-state index in [0.29, 0.717) is 18.3 Å². The molecule has 2 aliphatic rings. The summed E-state index contributed by atoms with van der Waals surface area (Å²) in [5.74, 6) is 0.890. The predicted octanol–water partition coefficient (Wildman–Crippen LogP) is 3.91. The summed E-state index contributed by atoms with van der Waals surface area (Å²) in [6.07, 6.45) is 3.43. The second kappa shape index (κ2) is 6.52. The van der Waals surface area contributed by atoms with Crippen molar-refractivity contribution in [3.63, 3.8) is 0 Å². The molecule has 2 aromatic carbocycles. The Morgan fingerprint density at radius 2 is 1.93 bits per heavy atom. The van der Waals surface area contributed by atoms with E-state index in [-0.39, 0.29) is 11.9 Å². The SMILES string of the molecule is CC(C)(O)[C@@H](C1CC1)N1Cc2cccc(-c3cccc(-c4ncon4)c3)c2C1=O. The number of rotatable bonds is 5. The van der Waals surface area contributed by atoms with Crippen LogP contribution in [-0.2, 0) is 6.54 Å². The molecule has 0 saturated heterocycles. The topological polar surface area (TPSA) is 79.5 Å². The molecule has 1 saturated carbocycles. The summed E-state index contributed by atoms with van der Waals surface area (Å²) < 4.78 is 4.86. The van der Waals surface area contributed by atoms with Gasteiger partial charge in [0.1, 0.15) is 0 Å². The second-order valence-electron chi connectivity index (χ2n) is 8.54.